The molecule has 0 saturated carbocycles. The van der Waals surface area contributed by atoms with Crippen molar-refractivity contribution in [2.45, 2.75) is 67.2 Å². The second-order valence-electron chi connectivity index (χ2n) is 9.40. The van der Waals surface area contributed by atoms with E-state index in [1.54, 1.807) is 25.4 Å². The average Bonchev–Trinajstić information content (AvgIpc) is 2.82. The van der Waals surface area contributed by atoms with Gasteiger partial charge in [0, 0.05) is 11.1 Å². The maximum Gasteiger partial charge on any atom is 0.189 e. The minimum absolute atomic E-state index is 0.0118. The van der Waals surface area contributed by atoms with E-state index in [4.69, 9.17) is 14.5 Å². The molecule has 1 aromatic rings. The summed E-state index contributed by atoms with van der Waals surface area (Å²) >= 11 is 1.56. The normalized spacial score (nSPS) is 12.3. The highest BCUT2D eigenvalue weighted by Crippen LogP contribution is 2.39. The van der Waals surface area contributed by atoms with Crippen LogP contribution in [-0.2, 0) is 0 Å². The molecule has 0 amide bonds. The molecule has 0 unspecified atom stereocenters. The molecule has 1 aliphatic heterocycles. The zero-order valence-corrected chi connectivity index (χ0v) is 22.9. The van der Waals surface area contributed by atoms with E-state index >= 15 is 0 Å². The third kappa shape index (κ3) is 6.82. The summed E-state index contributed by atoms with van der Waals surface area (Å²) in [7, 11) is 1.59. The second-order valence-corrected chi connectivity index (χ2v) is 10.5. The second kappa shape index (κ2) is 12.2. The van der Waals surface area contributed by atoms with E-state index in [0.717, 1.165) is 52.2 Å². The first-order valence-corrected chi connectivity index (χ1v) is 13.0. The lowest BCUT2D eigenvalue weighted by molar-refractivity contribution is 0.362. The van der Waals surface area contributed by atoms with Crippen LogP contribution in [0.2, 0.25) is 0 Å². The summed E-state index contributed by atoms with van der Waals surface area (Å²) in [5.41, 5.74) is 7.11. The van der Waals surface area contributed by atoms with Crippen LogP contribution >= 0.6 is 11.3 Å². The van der Waals surface area contributed by atoms with Crippen molar-refractivity contribution in [1.29, 1.82) is 0 Å². The van der Waals surface area contributed by atoms with Gasteiger partial charge < -0.3 is 9.47 Å². The predicted octanol–water partition coefficient (Wildman–Crippen LogP) is 8.18. The number of hydrogen-bond donors (Lipinski definition) is 0. The quantitative estimate of drug-likeness (QED) is 0.212. The van der Waals surface area contributed by atoms with Crippen molar-refractivity contribution >= 4 is 21.6 Å². The molecule has 0 saturated heterocycles. The van der Waals surface area contributed by atoms with E-state index in [-0.39, 0.29) is 5.43 Å². The fourth-order valence-electron chi connectivity index (χ4n) is 4.03. The van der Waals surface area contributed by atoms with E-state index < -0.39 is 0 Å². The van der Waals surface area contributed by atoms with Crippen molar-refractivity contribution in [1.82, 2.24) is 4.98 Å². The molecule has 0 N–H and O–H groups in total. The van der Waals surface area contributed by atoms with Crippen molar-refractivity contribution in [3.05, 3.63) is 74.5 Å². The average molecular weight is 492 g/mol. The third-order valence-corrected chi connectivity index (χ3v) is 7.43. The lowest BCUT2D eigenvalue weighted by Gasteiger charge is -2.15. The lowest BCUT2D eigenvalue weighted by Crippen LogP contribution is -2.13. The summed E-state index contributed by atoms with van der Waals surface area (Å²) in [5.74, 6) is 1.36. The van der Waals surface area contributed by atoms with Crippen LogP contribution in [0.5, 0.6) is 11.5 Å². The summed E-state index contributed by atoms with van der Waals surface area (Å²) in [6.07, 6.45) is 11.2. The molecule has 35 heavy (non-hydrogen) atoms. The first kappa shape index (κ1) is 26.7. The third-order valence-electron chi connectivity index (χ3n) is 6.18. The topological polar surface area (TPSA) is 48.4 Å². The van der Waals surface area contributed by atoms with Gasteiger partial charge in [-0.2, -0.15) is 0 Å². The van der Waals surface area contributed by atoms with Crippen molar-refractivity contribution in [3.63, 3.8) is 0 Å². The van der Waals surface area contributed by atoms with Gasteiger partial charge in [-0.15, -0.1) is 11.3 Å². The van der Waals surface area contributed by atoms with Crippen LogP contribution in [0.15, 0.2) is 57.9 Å². The Balaban J connectivity index is 1.66. The van der Waals surface area contributed by atoms with Crippen LogP contribution in [0.3, 0.4) is 0 Å². The molecule has 0 radical (unpaired) electrons. The Labute approximate surface area is 213 Å². The maximum atomic E-state index is 12.6. The summed E-state index contributed by atoms with van der Waals surface area (Å²) < 4.78 is 12.5. The standard InChI is InChI=1S/C30H37NO3S/c1-19(2)10-8-11-20(3)12-9-13-21(4)16-17-34-24-14-15-25-26(18-24)35-30-23(6)28(32)22(5)29(33-7)27(30)31-25/h10,12,14-16,18H,8-9,11,13,17H2,1-7H3/b20-12+,21-16+. The fourth-order valence-corrected chi connectivity index (χ4v) is 5.12. The summed E-state index contributed by atoms with van der Waals surface area (Å²) in [4.78, 5) is 18.3. The lowest BCUT2D eigenvalue weighted by atomic mass is 10.1. The van der Waals surface area contributed by atoms with Crippen LogP contribution in [0.1, 0.15) is 64.5 Å². The zero-order chi connectivity index (χ0) is 25.5. The van der Waals surface area contributed by atoms with Gasteiger partial charge in [0.2, 0.25) is 0 Å². The number of allylic oxidation sites excluding steroid dienone is 5. The summed E-state index contributed by atoms with van der Waals surface area (Å²) in [6, 6.07) is 5.92. The van der Waals surface area contributed by atoms with Gasteiger partial charge in [0.15, 0.2) is 11.2 Å². The van der Waals surface area contributed by atoms with Crippen LogP contribution in [0, 0.1) is 13.8 Å². The smallest absolute Gasteiger partial charge is 0.189 e. The van der Waals surface area contributed by atoms with Gasteiger partial charge >= 0.3 is 0 Å². The van der Waals surface area contributed by atoms with Crippen molar-refractivity contribution < 1.29 is 9.47 Å². The Kier molecular flexibility index (Phi) is 9.27. The van der Waals surface area contributed by atoms with Crippen molar-refractivity contribution in [2.75, 3.05) is 13.7 Å². The minimum Gasteiger partial charge on any atom is -0.494 e. The molecule has 0 bridgehead atoms. The SMILES string of the molecule is COc1c2nc3ccc(OC/C=C(\C)CC/C=C(\C)CCC=C(C)C)cc3sc-2c(C)c(=O)c1C. The van der Waals surface area contributed by atoms with Gasteiger partial charge in [0.1, 0.15) is 18.1 Å². The van der Waals surface area contributed by atoms with Crippen LogP contribution < -0.4 is 14.9 Å². The number of ether oxygens (including phenoxy) is 2. The molecule has 1 aliphatic carbocycles. The Morgan fingerprint density at radius 2 is 1.66 bits per heavy atom. The number of aromatic nitrogens is 1. The van der Waals surface area contributed by atoms with E-state index in [1.807, 2.05) is 25.1 Å². The van der Waals surface area contributed by atoms with Crippen molar-refractivity contribution in [2.24, 2.45) is 0 Å². The number of nitrogens with zero attached hydrogens (tertiary/aromatic N) is 1. The van der Waals surface area contributed by atoms with E-state index in [0.29, 0.717) is 23.5 Å². The minimum atomic E-state index is 0.0118. The first-order chi connectivity index (χ1) is 16.7. The fraction of sp³-hybridized carbons (Fsp3) is 0.400. The highest BCUT2D eigenvalue weighted by molar-refractivity contribution is 7.21. The maximum absolute atomic E-state index is 12.6. The van der Waals surface area contributed by atoms with Crippen molar-refractivity contribution in [3.8, 4) is 22.1 Å². The number of rotatable bonds is 10. The van der Waals surface area contributed by atoms with Crippen LogP contribution in [0.4, 0.5) is 0 Å². The molecule has 0 aromatic heterocycles. The Hall–Kier alpha value is -2.92. The van der Waals surface area contributed by atoms with Gasteiger partial charge in [-0.1, -0.05) is 28.9 Å². The molecule has 186 valence electrons. The van der Waals surface area contributed by atoms with Crippen LogP contribution in [0.25, 0.3) is 20.8 Å². The highest BCUT2D eigenvalue weighted by Gasteiger charge is 2.21. The number of fused-ring (bicyclic) bond motifs is 2. The van der Waals surface area contributed by atoms with E-state index in [2.05, 4.69) is 45.9 Å². The van der Waals surface area contributed by atoms with Gasteiger partial charge in [-0.05, 0) is 91.5 Å². The Morgan fingerprint density at radius 1 is 0.971 bits per heavy atom. The van der Waals surface area contributed by atoms with Gasteiger partial charge in [0.25, 0.3) is 0 Å². The summed E-state index contributed by atoms with van der Waals surface area (Å²) in [5, 5.41) is 0. The number of benzene rings is 2. The Morgan fingerprint density at radius 3 is 2.34 bits per heavy atom. The van der Waals surface area contributed by atoms with Gasteiger partial charge in [0.05, 0.1) is 22.2 Å². The molecule has 0 fully saturated rings. The molecule has 1 heterocycles. The first-order valence-electron chi connectivity index (χ1n) is 12.2. The Bertz CT molecular complexity index is 1310. The summed E-state index contributed by atoms with van der Waals surface area (Å²) in [6.45, 7) is 12.9. The van der Waals surface area contributed by atoms with E-state index in [9.17, 15) is 4.79 Å². The monoisotopic (exact) mass is 491 g/mol. The van der Waals surface area contributed by atoms with Gasteiger partial charge in [-0.25, -0.2) is 4.98 Å². The van der Waals surface area contributed by atoms with Crippen LogP contribution in [-0.4, -0.2) is 18.7 Å². The molecule has 0 spiro atoms. The molecule has 1 aromatic carbocycles. The molecule has 0 atom stereocenters. The van der Waals surface area contributed by atoms with Gasteiger partial charge in [-0.3, -0.25) is 4.79 Å². The zero-order valence-electron chi connectivity index (χ0n) is 22.1. The highest BCUT2D eigenvalue weighted by atomic mass is 32.1. The molecule has 4 nitrogen and oxygen atoms in total. The number of hydrogen-bond acceptors (Lipinski definition) is 5. The predicted molar refractivity (Wildman–Crippen MR) is 149 cm³/mol. The number of methoxy groups -OCH3 is 1. The molecule has 3 rings (SSSR count). The largest absolute Gasteiger partial charge is 0.494 e. The molecular weight excluding hydrogens is 454 g/mol. The molecule has 5 heteroatoms. The molecular formula is C30H37NO3S. The van der Waals surface area contributed by atoms with E-state index in [1.165, 1.54) is 16.7 Å². The molecule has 2 aliphatic rings.